The van der Waals surface area contributed by atoms with E-state index in [2.05, 4.69) is 5.32 Å². The molecule has 3 aromatic rings. The molecule has 0 aliphatic heterocycles. The fourth-order valence-electron chi connectivity index (χ4n) is 2.83. The second-order valence-electron chi connectivity index (χ2n) is 6.58. The summed E-state index contributed by atoms with van der Waals surface area (Å²) in [5, 5.41) is 2.82. The maximum atomic E-state index is 13.0. The molecule has 0 radical (unpaired) electrons. The fourth-order valence-corrected chi connectivity index (χ4v) is 4.02. The standard InChI is InChI=1S/C22H21FN2O3S/c1-16(17-8-12-19(23)13-9-17)24-22(26)18-10-14-21(15-11-18)29(27,28)25(2)20-6-4-3-5-7-20/h3-16H,1-2H3,(H,24,26)/t16-/m0/s1. The Kier molecular flexibility index (Phi) is 5.98. The van der Waals surface area contributed by atoms with Crippen molar-refractivity contribution in [3.8, 4) is 0 Å². The van der Waals surface area contributed by atoms with Gasteiger partial charge in [-0.1, -0.05) is 30.3 Å². The molecule has 0 heterocycles. The lowest BCUT2D eigenvalue weighted by Gasteiger charge is -2.19. The van der Waals surface area contributed by atoms with E-state index in [1.54, 1.807) is 43.3 Å². The molecule has 1 atom stereocenters. The van der Waals surface area contributed by atoms with Gasteiger partial charge in [0.2, 0.25) is 0 Å². The number of hydrogen-bond acceptors (Lipinski definition) is 3. The molecule has 150 valence electrons. The maximum absolute atomic E-state index is 13.0. The number of sulfonamides is 1. The molecule has 0 saturated heterocycles. The first-order chi connectivity index (χ1) is 13.8. The first kappa shape index (κ1) is 20.5. The van der Waals surface area contributed by atoms with E-state index in [4.69, 9.17) is 0 Å². The fraction of sp³-hybridized carbons (Fsp3) is 0.136. The number of amides is 1. The Morgan fingerprint density at radius 3 is 2.10 bits per heavy atom. The number of anilines is 1. The minimum Gasteiger partial charge on any atom is -0.346 e. The van der Waals surface area contributed by atoms with Crippen LogP contribution in [-0.4, -0.2) is 21.4 Å². The number of carbonyl (C=O) groups excluding carboxylic acids is 1. The molecule has 5 nitrogen and oxygen atoms in total. The Bertz CT molecular complexity index is 1080. The molecule has 0 fully saturated rings. The normalized spacial score (nSPS) is 12.2. The molecular weight excluding hydrogens is 391 g/mol. The average Bonchev–Trinajstić information content (AvgIpc) is 2.74. The highest BCUT2D eigenvalue weighted by atomic mass is 32.2. The summed E-state index contributed by atoms with van der Waals surface area (Å²) in [4.78, 5) is 12.6. The number of nitrogens with one attached hydrogen (secondary N) is 1. The van der Waals surface area contributed by atoms with Gasteiger partial charge in [-0.25, -0.2) is 12.8 Å². The molecular formula is C22H21FN2O3S. The lowest BCUT2D eigenvalue weighted by Crippen LogP contribution is -2.28. The van der Waals surface area contributed by atoms with Crippen molar-refractivity contribution >= 4 is 21.6 Å². The van der Waals surface area contributed by atoms with Crippen LogP contribution in [-0.2, 0) is 10.0 Å². The van der Waals surface area contributed by atoms with Gasteiger partial charge in [0, 0.05) is 12.6 Å². The second-order valence-corrected chi connectivity index (χ2v) is 8.55. The highest BCUT2D eigenvalue weighted by Crippen LogP contribution is 2.22. The summed E-state index contributed by atoms with van der Waals surface area (Å²) in [6.45, 7) is 1.79. The van der Waals surface area contributed by atoms with Gasteiger partial charge in [-0.15, -0.1) is 0 Å². The first-order valence-electron chi connectivity index (χ1n) is 8.99. The zero-order valence-corrected chi connectivity index (χ0v) is 16.9. The molecule has 0 unspecified atom stereocenters. The van der Waals surface area contributed by atoms with Gasteiger partial charge in [-0.05, 0) is 61.0 Å². The number of nitrogens with zero attached hydrogens (tertiary/aromatic N) is 1. The van der Waals surface area contributed by atoms with Crippen molar-refractivity contribution in [2.45, 2.75) is 17.9 Å². The van der Waals surface area contributed by atoms with E-state index in [0.717, 1.165) is 5.56 Å². The number of carbonyl (C=O) groups is 1. The Labute approximate surface area is 169 Å². The van der Waals surface area contributed by atoms with Crippen molar-refractivity contribution in [3.05, 3.63) is 95.8 Å². The van der Waals surface area contributed by atoms with Crippen molar-refractivity contribution in [3.63, 3.8) is 0 Å². The molecule has 3 aromatic carbocycles. The summed E-state index contributed by atoms with van der Waals surface area (Å²) in [6, 6.07) is 20.1. The van der Waals surface area contributed by atoms with E-state index in [1.807, 2.05) is 6.07 Å². The van der Waals surface area contributed by atoms with E-state index >= 15 is 0 Å². The van der Waals surface area contributed by atoms with Crippen molar-refractivity contribution < 1.29 is 17.6 Å². The number of rotatable bonds is 6. The molecule has 0 spiro atoms. The van der Waals surface area contributed by atoms with Crippen LogP contribution >= 0.6 is 0 Å². The Hall–Kier alpha value is -3.19. The molecule has 0 aliphatic carbocycles. The highest BCUT2D eigenvalue weighted by molar-refractivity contribution is 7.92. The van der Waals surface area contributed by atoms with Crippen LogP contribution in [0.3, 0.4) is 0 Å². The van der Waals surface area contributed by atoms with Crippen LogP contribution in [0.2, 0.25) is 0 Å². The van der Waals surface area contributed by atoms with E-state index in [0.29, 0.717) is 11.3 Å². The SMILES string of the molecule is C[C@H](NC(=O)c1ccc(S(=O)(=O)N(C)c2ccccc2)cc1)c1ccc(F)cc1. The minimum atomic E-state index is -3.74. The Morgan fingerprint density at radius 1 is 0.931 bits per heavy atom. The maximum Gasteiger partial charge on any atom is 0.264 e. The highest BCUT2D eigenvalue weighted by Gasteiger charge is 2.21. The van der Waals surface area contributed by atoms with Crippen LogP contribution < -0.4 is 9.62 Å². The second kappa shape index (κ2) is 8.45. The van der Waals surface area contributed by atoms with Crippen molar-refractivity contribution in [2.24, 2.45) is 0 Å². The van der Waals surface area contributed by atoms with E-state index < -0.39 is 10.0 Å². The van der Waals surface area contributed by atoms with E-state index in [-0.39, 0.29) is 22.7 Å². The van der Waals surface area contributed by atoms with Gasteiger partial charge in [-0.3, -0.25) is 9.10 Å². The van der Waals surface area contributed by atoms with Crippen LogP contribution in [0.15, 0.2) is 83.8 Å². The quantitative estimate of drug-likeness (QED) is 0.662. The van der Waals surface area contributed by atoms with Gasteiger partial charge in [0.05, 0.1) is 16.6 Å². The zero-order chi connectivity index (χ0) is 21.0. The largest absolute Gasteiger partial charge is 0.346 e. The number of benzene rings is 3. The third-order valence-corrected chi connectivity index (χ3v) is 6.41. The summed E-state index contributed by atoms with van der Waals surface area (Å²) < 4.78 is 39.8. The van der Waals surface area contributed by atoms with Crippen LogP contribution in [0.25, 0.3) is 0 Å². The lowest BCUT2D eigenvalue weighted by molar-refractivity contribution is 0.0940. The van der Waals surface area contributed by atoms with Gasteiger partial charge in [0.25, 0.3) is 15.9 Å². The zero-order valence-electron chi connectivity index (χ0n) is 16.0. The molecule has 3 rings (SSSR count). The molecule has 1 N–H and O–H groups in total. The molecule has 1 amide bonds. The number of halogens is 1. The van der Waals surface area contributed by atoms with Gasteiger partial charge in [0.15, 0.2) is 0 Å². The van der Waals surface area contributed by atoms with Gasteiger partial charge in [0.1, 0.15) is 5.82 Å². The van der Waals surface area contributed by atoms with Crippen molar-refractivity contribution in [2.75, 3.05) is 11.4 Å². The minimum absolute atomic E-state index is 0.0898. The molecule has 29 heavy (non-hydrogen) atoms. The topological polar surface area (TPSA) is 66.5 Å². The van der Waals surface area contributed by atoms with Gasteiger partial charge in [-0.2, -0.15) is 0 Å². The third-order valence-electron chi connectivity index (χ3n) is 4.61. The van der Waals surface area contributed by atoms with Crippen LogP contribution in [0.1, 0.15) is 28.9 Å². The van der Waals surface area contributed by atoms with Crippen LogP contribution in [0, 0.1) is 5.82 Å². The van der Waals surface area contributed by atoms with Crippen molar-refractivity contribution in [1.82, 2.24) is 5.32 Å². The predicted octanol–water partition coefficient (Wildman–Crippen LogP) is 4.14. The summed E-state index contributed by atoms with van der Waals surface area (Å²) in [7, 11) is -2.26. The van der Waals surface area contributed by atoms with Gasteiger partial charge >= 0.3 is 0 Å². The molecule has 0 aromatic heterocycles. The molecule has 0 bridgehead atoms. The summed E-state index contributed by atoms with van der Waals surface area (Å²) in [6.07, 6.45) is 0. The summed E-state index contributed by atoms with van der Waals surface area (Å²) in [5.74, 6) is -0.688. The van der Waals surface area contributed by atoms with Crippen molar-refractivity contribution in [1.29, 1.82) is 0 Å². The smallest absolute Gasteiger partial charge is 0.264 e. The number of para-hydroxylation sites is 1. The molecule has 0 saturated carbocycles. The van der Waals surface area contributed by atoms with Crippen LogP contribution in [0.4, 0.5) is 10.1 Å². The van der Waals surface area contributed by atoms with Crippen LogP contribution in [0.5, 0.6) is 0 Å². The average molecular weight is 412 g/mol. The third kappa shape index (κ3) is 4.63. The number of hydrogen-bond donors (Lipinski definition) is 1. The summed E-state index contributed by atoms with van der Waals surface area (Å²) in [5.41, 5.74) is 1.64. The summed E-state index contributed by atoms with van der Waals surface area (Å²) >= 11 is 0. The molecule has 0 aliphatic rings. The van der Waals surface area contributed by atoms with E-state index in [9.17, 15) is 17.6 Å². The predicted molar refractivity (Wildman–Crippen MR) is 111 cm³/mol. The lowest BCUT2D eigenvalue weighted by atomic mass is 10.1. The monoisotopic (exact) mass is 412 g/mol. The van der Waals surface area contributed by atoms with E-state index in [1.165, 1.54) is 47.8 Å². The first-order valence-corrected chi connectivity index (χ1v) is 10.4. The van der Waals surface area contributed by atoms with Gasteiger partial charge < -0.3 is 5.32 Å². The Balaban J connectivity index is 1.73. The Morgan fingerprint density at radius 2 is 1.52 bits per heavy atom. The molecule has 7 heteroatoms.